The van der Waals surface area contributed by atoms with Crippen LogP contribution in [0.3, 0.4) is 0 Å². The monoisotopic (exact) mass is 346 g/mol. The molecule has 0 unspecified atom stereocenters. The molecule has 25 heavy (non-hydrogen) atoms. The fourth-order valence-electron chi connectivity index (χ4n) is 4.34. The van der Waals surface area contributed by atoms with E-state index < -0.39 is 0 Å². The van der Waals surface area contributed by atoms with Crippen molar-refractivity contribution in [2.75, 3.05) is 46.4 Å². The third kappa shape index (κ3) is 4.37. The minimum Gasteiger partial charge on any atom is -0.396 e. The molecule has 1 amide bonds. The van der Waals surface area contributed by atoms with Crippen LogP contribution in [-0.4, -0.2) is 72.2 Å². The largest absolute Gasteiger partial charge is 0.396 e. The predicted molar refractivity (Wildman–Crippen MR) is 96.9 cm³/mol. The fraction of sp³-hybridized carbons (Fsp3) is 0.684. The van der Waals surface area contributed by atoms with Gasteiger partial charge in [-0.1, -0.05) is 0 Å². The number of likely N-dealkylation sites (tertiary alicyclic amines) is 1. The van der Waals surface area contributed by atoms with Crippen molar-refractivity contribution in [3.8, 4) is 0 Å². The van der Waals surface area contributed by atoms with Gasteiger partial charge in [0.15, 0.2) is 0 Å². The average molecular weight is 346 g/mol. The van der Waals surface area contributed by atoms with Crippen LogP contribution in [0.4, 0.5) is 0 Å². The summed E-state index contributed by atoms with van der Waals surface area (Å²) >= 11 is 0. The number of rotatable bonds is 5. The van der Waals surface area contributed by atoms with Crippen molar-refractivity contribution < 1.29 is 9.90 Å². The van der Waals surface area contributed by atoms with Gasteiger partial charge < -0.3 is 15.3 Å². The first-order valence-electron chi connectivity index (χ1n) is 9.30. The molecule has 6 heteroatoms. The van der Waals surface area contributed by atoms with E-state index in [0.717, 1.165) is 52.0 Å². The molecule has 0 aromatic carbocycles. The van der Waals surface area contributed by atoms with E-state index in [4.69, 9.17) is 0 Å². The molecular formula is C19H30N4O2. The number of aliphatic hydroxyl groups is 1. The molecule has 1 spiro atoms. The van der Waals surface area contributed by atoms with Crippen LogP contribution in [0.25, 0.3) is 0 Å². The number of aliphatic hydroxyl groups excluding tert-OH is 1. The van der Waals surface area contributed by atoms with E-state index in [-0.39, 0.29) is 17.9 Å². The molecule has 2 N–H and O–H groups in total. The Bertz CT molecular complexity index is 558. The quantitative estimate of drug-likeness (QED) is 0.822. The van der Waals surface area contributed by atoms with E-state index in [2.05, 4.69) is 15.2 Å². The second-order valence-corrected chi connectivity index (χ2v) is 7.60. The first-order chi connectivity index (χ1) is 12.1. The number of piperidine rings is 2. The Morgan fingerprint density at radius 3 is 2.76 bits per heavy atom. The third-order valence-corrected chi connectivity index (χ3v) is 6.00. The first-order valence-corrected chi connectivity index (χ1v) is 9.30. The zero-order chi connectivity index (χ0) is 17.7. The number of aromatic nitrogens is 1. The Morgan fingerprint density at radius 2 is 2.08 bits per heavy atom. The molecule has 0 aliphatic carbocycles. The van der Waals surface area contributed by atoms with Gasteiger partial charge in [-0.2, -0.15) is 0 Å². The second-order valence-electron chi connectivity index (χ2n) is 7.60. The number of carbonyl (C=O) groups excluding carboxylic acids is 1. The van der Waals surface area contributed by atoms with Crippen LogP contribution in [0.2, 0.25) is 0 Å². The molecule has 2 fully saturated rings. The van der Waals surface area contributed by atoms with Crippen LogP contribution < -0.4 is 5.32 Å². The molecule has 2 aliphatic rings. The van der Waals surface area contributed by atoms with Crippen molar-refractivity contribution in [2.45, 2.75) is 25.8 Å². The highest BCUT2D eigenvalue weighted by Gasteiger charge is 2.43. The van der Waals surface area contributed by atoms with Gasteiger partial charge in [-0.25, -0.2) is 0 Å². The molecule has 2 aliphatic heterocycles. The van der Waals surface area contributed by atoms with E-state index in [9.17, 15) is 9.90 Å². The van der Waals surface area contributed by atoms with E-state index >= 15 is 0 Å². The van der Waals surface area contributed by atoms with E-state index in [1.54, 1.807) is 12.4 Å². The minimum absolute atomic E-state index is 0.209. The average Bonchev–Trinajstić information content (AvgIpc) is 2.63. The summed E-state index contributed by atoms with van der Waals surface area (Å²) in [6, 6.07) is 3.97. The summed E-state index contributed by atoms with van der Waals surface area (Å²) in [7, 11) is 1.98. The van der Waals surface area contributed by atoms with E-state index in [0.29, 0.717) is 12.5 Å². The highest BCUT2D eigenvalue weighted by Crippen LogP contribution is 2.43. The summed E-state index contributed by atoms with van der Waals surface area (Å²) in [5.41, 5.74) is 1.39. The molecule has 1 aromatic heterocycles. The summed E-state index contributed by atoms with van der Waals surface area (Å²) in [6.07, 6.45) is 6.71. The van der Waals surface area contributed by atoms with E-state index in [1.165, 1.54) is 5.56 Å². The molecular weight excluding hydrogens is 316 g/mol. The maximum atomic E-state index is 12.6. The summed E-state index contributed by atoms with van der Waals surface area (Å²) in [6.45, 7) is 5.01. The van der Waals surface area contributed by atoms with Gasteiger partial charge in [-0.15, -0.1) is 0 Å². The Hall–Kier alpha value is -1.50. The van der Waals surface area contributed by atoms with Gasteiger partial charge in [0, 0.05) is 51.1 Å². The number of pyridine rings is 1. The summed E-state index contributed by atoms with van der Waals surface area (Å²) in [4.78, 5) is 20.7. The molecule has 0 bridgehead atoms. The van der Waals surface area contributed by atoms with Gasteiger partial charge in [0.1, 0.15) is 0 Å². The van der Waals surface area contributed by atoms with Crippen molar-refractivity contribution in [3.63, 3.8) is 0 Å². The van der Waals surface area contributed by atoms with Gasteiger partial charge >= 0.3 is 0 Å². The number of nitrogens with zero attached hydrogens (tertiary/aromatic N) is 3. The van der Waals surface area contributed by atoms with Gasteiger partial charge in [-0.3, -0.25) is 14.7 Å². The number of hydrogen-bond donors (Lipinski definition) is 2. The van der Waals surface area contributed by atoms with Crippen molar-refractivity contribution >= 4 is 5.91 Å². The molecule has 1 atom stereocenters. The molecule has 3 rings (SSSR count). The van der Waals surface area contributed by atoms with Crippen LogP contribution in [0.1, 0.15) is 24.8 Å². The van der Waals surface area contributed by atoms with Crippen LogP contribution in [0.15, 0.2) is 24.5 Å². The lowest BCUT2D eigenvalue weighted by Gasteiger charge is -2.49. The Balaban J connectivity index is 1.49. The van der Waals surface area contributed by atoms with Gasteiger partial charge in [0.05, 0.1) is 6.54 Å². The third-order valence-electron chi connectivity index (χ3n) is 6.00. The van der Waals surface area contributed by atoms with Crippen LogP contribution in [0, 0.1) is 11.3 Å². The minimum atomic E-state index is 0.209. The molecule has 6 nitrogen and oxygen atoms in total. The van der Waals surface area contributed by atoms with Gasteiger partial charge in [0.25, 0.3) is 0 Å². The second kappa shape index (κ2) is 8.25. The lowest BCUT2D eigenvalue weighted by molar-refractivity contribution is -0.136. The molecule has 3 heterocycles. The highest BCUT2D eigenvalue weighted by atomic mass is 16.3. The summed E-state index contributed by atoms with van der Waals surface area (Å²) in [5, 5.41) is 13.1. The molecule has 2 saturated heterocycles. The normalized spacial score (nSPS) is 23.2. The topological polar surface area (TPSA) is 68.7 Å². The van der Waals surface area contributed by atoms with Crippen molar-refractivity contribution in [1.29, 1.82) is 0 Å². The van der Waals surface area contributed by atoms with Crippen molar-refractivity contribution in [2.24, 2.45) is 11.3 Å². The van der Waals surface area contributed by atoms with Crippen molar-refractivity contribution in [1.82, 2.24) is 20.1 Å². The molecule has 1 aromatic rings. The number of amides is 1. The number of nitrogens with one attached hydrogen (secondary N) is 1. The maximum absolute atomic E-state index is 12.6. The standard InChI is InChI=1S/C19H30N4O2/c1-22(13-16-2-7-20-8-3-16)14-18(25)23-10-5-19(6-11-23)4-9-21-12-17(19)15-24/h2-3,7-8,17,21,24H,4-6,9-15H2,1H3/t17-/m1/s1. The predicted octanol–water partition coefficient (Wildman–Crippen LogP) is 0.724. The zero-order valence-electron chi connectivity index (χ0n) is 15.2. The summed E-state index contributed by atoms with van der Waals surface area (Å²) < 4.78 is 0. The Kier molecular flexibility index (Phi) is 6.04. The molecule has 0 saturated carbocycles. The SMILES string of the molecule is CN(CC(=O)N1CCC2(CCNC[C@@H]2CO)CC1)Cc1ccncc1. The smallest absolute Gasteiger partial charge is 0.236 e. The summed E-state index contributed by atoms with van der Waals surface area (Å²) in [5.74, 6) is 0.536. The number of carbonyl (C=O) groups is 1. The Morgan fingerprint density at radius 1 is 1.36 bits per heavy atom. The Labute approximate surface area is 150 Å². The number of likely N-dealkylation sites (N-methyl/N-ethyl adjacent to an activating group) is 1. The maximum Gasteiger partial charge on any atom is 0.236 e. The lowest BCUT2D eigenvalue weighted by Crippen LogP contribution is -2.54. The molecule has 0 radical (unpaired) electrons. The zero-order valence-corrected chi connectivity index (χ0v) is 15.2. The van der Waals surface area contributed by atoms with Crippen LogP contribution >= 0.6 is 0 Å². The lowest BCUT2D eigenvalue weighted by atomic mass is 9.65. The van der Waals surface area contributed by atoms with Crippen molar-refractivity contribution in [3.05, 3.63) is 30.1 Å². The van der Waals surface area contributed by atoms with Crippen LogP contribution in [0.5, 0.6) is 0 Å². The number of hydrogen-bond acceptors (Lipinski definition) is 5. The fourth-order valence-corrected chi connectivity index (χ4v) is 4.34. The van der Waals surface area contributed by atoms with Gasteiger partial charge in [-0.05, 0) is 56.0 Å². The first kappa shape index (κ1) is 18.3. The van der Waals surface area contributed by atoms with Gasteiger partial charge in [0.2, 0.25) is 5.91 Å². The highest BCUT2D eigenvalue weighted by molar-refractivity contribution is 5.78. The van der Waals surface area contributed by atoms with Crippen LogP contribution in [-0.2, 0) is 11.3 Å². The molecule has 138 valence electrons. The van der Waals surface area contributed by atoms with E-state index in [1.807, 2.05) is 24.1 Å².